The van der Waals surface area contributed by atoms with Gasteiger partial charge in [0.1, 0.15) is 72.5 Å². The summed E-state index contributed by atoms with van der Waals surface area (Å²) in [6, 6.07) is 9.31. The number of fused-ring (bicyclic) bond motifs is 1. The topological polar surface area (TPSA) is 366 Å². The van der Waals surface area contributed by atoms with Gasteiger partial charge in [-0.1, -0.05) is 153 Å². The van der Waals surface area contributed by atoms with E-state index in [9.17, 15) is 38.7 Å². The standard InChI is InChI=1S/C82H122N14O15/c1-17-52(8)69-76(105)87-60(41-49(2)3)79(108)93(15)65(43-51(6)7)81(110)94(16)66(46-58-35-26-20-27-36-58)82(111)92(14)63(42-50(4)5)73(102)83-48-68(99)96-40-30-37-62(96)74(103)89-70(55(11)97)77(106)85-59(44-56-31-22-18-23-32-56)72(101)86-61(47-67(98)90(12)54(10)71(100)88-69)80(109)91(13)64(45-57-33-24-19-25-34-57)75(104)84-53(9)78(107)95-38-28-21-29-39-95/h18-20,22-27,31-36,49-55,59-66,69-70,97H,17,21,28-30,37-48H2,1-16H3,(H,83,102)(H,84,104)(H,85,106)(H,86,101)(H,87,105)(H,88,100)(H,89,103)/t52-,53-,54+,55+,59-,60-,61-,62-,63-,64-,65-,66-,69-,70-/m0/s1. The molecule has 0 saturated carbocycles. The maximum Gasteiger partial charge on any atom is 0.246 e. The zero-order chi connectivity index (χ0) is 82.2. The van der Waals surface area contributed by atoms with Crippen molar-refractivity contribution >= 4 is 82.7 Å². The molecule has 14 amide bonds. The fourth-order valence-electron chi connectivity index (χ4n) is 14.4. The molecule has 29 heteroatoms. The van der Waals surface area contributed by atoms with Crippen LogP contribution in [0.4, 0.5) is 0 Å². The van der Waals surface area contributed by atoms with Crippen LogP contribution >= 0.6 is 0 Å². The second-order valence-electron chi connectivity index (χ2n) is 31.6. The van der Waals surface area contributed by atoms with Crippen LogP contribution in [0.3, 0.4) is 0 Å². The van der Waals surface area contributed by atoms with Crippen molar-refractivity contribution in [1.82, 2.24) is 71.5 Å². The molecule has 111 heavy (non-hydrogen) atoms. The Kier molecular flexibility index (Phi) is 34.5. The van der Waals surface area contributed by atoms with Gasteiger partial charge in [0, 0.05) is 74.1 Å². The molecule has 0 radical (unpaired) electrons. The van der Waals surface area contributed by atoms with E-state index in [0.29, 0.717) is 42.6 Å². The molecule has 3 aliphatic rings. The predicted molar refractivity (Wildman–Crippen MR) is 418 cm³/mol. The first kappa shape index (κ1) is 90.1. The zero-order valence-corrected chi connectivity index (χ0v) is 67.8. The number of hydrogen-bond acceptors (Lipinski definition) is 15. The number of hydrogen-bond donors (Lipinski definition) is 8. The number of nitrogens with zero attached hydrogens (tertiary/aromatic N) is 7. The Balaban J connectivity index is 1.47. The molecule has 610 valence electrons. The average Bonchev–Trinajstić information content (AvgIpc) is 1.06. The molecule has 3 heterocycles. The van der Waals surface area contributed by atoms with Crippen LogP contribution in [0.25, 0.3) is 0 Å². The van der Waals surface area contributed by atoms with Crippen molar-refractivity contribution in [3.63, 3.8) is 0 Å². The molecular formula is C82H122N14O15. The van der Waals surface area contributed by atoms with E-state index in [1.807, 2.05) is 41.5 Å². The van der Waals surface area contributed by atoms with Gasteiger partial charge in [-0.25, -0.2) is 0 Å². The maximum absolute atomic E-state index is 15.6. The van der Waals surface area contributed by atoms with Crippen LogP contribution in [-0.4, -0.2) is 262 Å². The van der Waals surface area contributed by atoms with Gasteiger partial charge in [0.15, 0.2) is 0 Å². The second kappa shape index (κ2) is 42.6. The summed E-state index contributed by atoms with van der Waals surface area (Å²) in [4.78, 5) is 218. The van der Waals surface area contributed by atoms with E-state index in [-0.39, 0.29) is 75.2 Å². The summed E-state index contributed by atoms with van der Waals surface area (Å²) in [6.07, 6.45) is 0.578. The van der Waals surface area contributed by atoms with E-state index in [0.717, 1.165) is 29.1 Å². The van der Waals surface area contributed by atoms with Gasteiger partial charge in [-0.2, -0.15) is 0 Å². The highest BCUT2D eigenvalue weighted by Gasteiger charge is 2.45. The largest absolute Gasteiger partial charge is 0.391 e. The second-order valence-corrected chi connectivity index (χ2v) is 31.6. The first-order valence-electron chi connectivity index (χ1n) is 39.3. The molecular weight excluding hydrogens is 1420 g/mol. The number of likely N-dealkylation sites (tertiary alicyclic amines) is 1. The minimum absolute atomic E-state index is 0.0248. The van der Waals surface area contributed by atoms with E-state index in [2.05, 4.69) is 37.2 Å². The summed E-state index contributed by atoms with van der Waals surface area (Å²) in [5.74, 6) is -12.1. The average molecular weight is 1540 g/mol. The summed E-state index contributed by atoms with van der Waals surface area (Å²) in [5, 5.41) is 30.5. The van der Waals surface area contributed by atoms with Crippen molar-refractivity contribution in [3.8, 4) is 0 Å². The normalized spacial score (nSPS) is 24.7. The number of amides is 14. The van der Waals surface area contributed by atoms with Crippen LogP contribution in [0, 0.1) is 23.7 Å². The summed E-state index contributed by atoms with van der Waals surface area (Å²) in [7, 11) is 6.94. The molecule has 3 fully saturated rings. The SMILES string of the molecule is CC[C@H](C)[C@@H]1NC(=O)[C@@H](C)N(C)C(=O)C[C@@H](C(=O)N(C)[C@@H](Cc2ccccc2)C(=O)N[C@@H](C)C(=O)N2CCCCC2)NC(=O)[C@H](Cc2ccccc2)NC(=O)[C@H]([C@@H](C)O)NC(=O)[C@@H]2CCCN2C(=O)CNC(=O)[C@H](CC(C)C)N(C)C(=O)[C@H](Cc2ccccc2)N(C)C(=O)[C@H](CC(C)C)N(C)C(=O)[C@H](CC(C)C)NC1=O. The number of rotatable bonds is 20. The van der Waals surface area contributed by atoms with E-state index in [1.165, 1.54) is 68.7 Å². The van der Waals surface area contributed by atoms with Crippen molar-refractivity contribution in [1.29, 1.82) is 0 Å². The highest BCUT2D eigenvalue weighted by molar-refractivity contribution is 6.01. The number of aliphatic hydroxyl groups excluding tert-OH is 1. The molecule has 8 N–H and O–H groups in total. The van der Waals surface area contributed by atoms with Gasteiger partial charge in [-0.05, 0) is 112 Å². The van der Waals surface area contributed by atoms with E-state index in [1.54, 1.807) is 117 Å². The zero-order valence-electron chi connectivity index (χ0n) is 67.8. The molecule has 3 aromatic rings. The smallest absolute Gasteiger partial charge is 0.246 e. The van der Waals surface area contributed by atoms with Crippen LogP contribution in [0.15, 0.2) is 91.0 Å². The van der Waals surface area contributed by atoms with Crippen molar-refractivity contribution in [2.24, 2.45) is 23.7 Å². The van der Waals surface area contributed by atoms with Gasteiger partial charge in [0.25, 0.3) is 0 Å². The maximum atomic E-state index is 15.6. The third-order valence-corrected chi connectivity index (χ3v) is 21.5. The third-order valence-electron chi connectivity index (χ3n) is 21.5. The van der Waals surface area contributed by atoms with Crippen LogP contribution in [-0.2, 0) is 86.4 Å². The number of carbonyl (C=O) groups excluding carboxylic acids is 14. The van der Waals surface area contributed by atoms with Gasteiger partial charge >= 0.3 is 0 Å². The Labute approximate surface area is 654 Å². The number of nitrogens with one attached hydrogen (secondary N) is 7. The van der Waals surface area contributed by atoms with Gasteiger partial charge in [-0.15, -0.1) is 0 Å². The Bertz CT molecular complexity index is 3690. The number of benzene rings is 3. The van der Waals surface area contributed by atoms with Crippen molar-refractivity contribution in [2.75, 3.05) is 61.4 Å². The molecule has 0 unspecified atom stereocenters. The summed E-state index contributed by atoms with van der Waals surface area (Å²) < 4.78 is 0. The van der Waals surface area contributed by atoms with E-state index >= 15 is 33.6 Å². The lowest BCUT2D eigenvalue weighted by Gasteiger charge is -2.39. The van der Waals surface area contributed by atoms with Crippen LogP contribution in [0.2, 0.25) is 0 Å². The summed E-state index contributed by atoms with van der Waals surface area (Å²) in [6.45, 7) is 19.2. The minimum Gasteiger partial charge on any atom is -0.391 e. The Hall–Kier alpha value is -9.80. The Morgan fingerprint density at radius 3 is 1.59 bits per heavy atom. The molecule has 0 aromatic heterocycles. The molecule has 14 atom stereocenters. The lowest BCUT2D eigenvalue weighted by atomic mass is 9.95. The Morgan fingerprint density at radius 1 is 0.523 bits per heavy atom. The fourth-order valence-corrected chi connectivity index (χ4v) is 14.4. The van der Waals surface area contributed by atoms with Crippen molar-refractivity contribution < 1.29 is 72.2 Å². The predicted octanol–water partition coefficient (Wildman–Crippen LogP) is 2.89. The molecule has 0 aliphatic carbocycles. The molecule has 0 spiro atoms. The number of likely N-dealkylation sites (N-methyl/N-ethyl adjacent to an activating group) is 5. The van der Waals surface area contributed by atoms with Crippen LogP contribution in [0.5, 0.6) is 0 Å². The van der Waals surface area contributed by atoms with Gasteiger partial charge in [0.2, 0.25) is 82.7 Å². The molecule has 6 rings (SSSR count). The third kappa shape index (κ3) is 25.4. The molecule has 3 aromatic carbocycles. The highest BCUT2D eigenvalue weighted by Crippen LogP contribution is 2.25. The molecule has 0 bridgehead atoms. The van der Waals surface area contributed by atoms with Gasteiger partial charge in [-0.3, -0.25) is 67.1 Å². The first-order chi connectivity index (χ1) is 52.4. The van der Waals surface area contributed by atoms with Gasteiger partial charge in [0.05, 0.1) is 19.1 Å². The number of aliphatic hydroxyl groups is 1. The summed E-state index contributed by atoms with van der Waals surface area (Å²) >= 11 is 0. The fraction of sp³-hybridized carbons (Fsp3) is 0.610. The molecule has 3 aliphatic heterocycles. The number of piperidine rings is 1. The van der Waals surface area contributed by atoms with Crippen molar-refractivity contribution in [3.05, 3.63) is 108 Å². The quantitative estimate of drug-likeness (QED) is 0.0806. The van der Waals surface area contributed by atoms with Crippen LogP contribution < -0.4 is 37.2 Å². The van der Waals surface area contributed by atoms with E-state index in [4.69, 9.17) is 0 Å². The molecule has 29 nitrogen and oxygen atoms in total. The van der Waals surface area contributed by atoms with E-state index < -0.39 is 174 Å². The van der Waals surface area contributed by atoms with Gasteiger partial charge < -0.3 is 76.6 Å². The number of carbonyl (C=O) groups is 14. The minimum atomic E-state index is -1.89. The lowest BCUT2D eigenvalue weighted by Crippen LogP contribution is -2.62. The van der Waals surface area contributed by atoms with Crippen LogP contribution in [0.1, 0.15) is 157 Å². The Morgan fingerprint density at radius 2 is 1.03 bits per heavy atom. The highest BCUT2D eigenvalue weighted by atomic mass is 16.3. The lowest BCUT2D eigenvalue weighted by molar-refractivity contribution is -0.153. The monoisotopic (exact) mass is 1540 g/mol. The summed E-state index contributed by atoms with van der Waals surface area (Å²) in [5.41, 5.74) is 1.75. The van der Waals surface area contributed by atoms with Crippen molar-refractivity contribution in [2.45, 2.75) is 238 Å². The first-order valence-corrected chi connectivity index (χ1v) is 39.3. The molecule has 3 saturated heterocycles.